The van der Waals surface area contributed by atoms with Crippen LogP contribution < -0.4 is 4.57 Å². The Balaban J connectivity index is 0.00000400. The van der Waals surface area contributed by atoms with Gasteiger partial charge in [-0.1, -0.05) is 12.8 Å². The summed E-state index contributed by atoms with van der Waals surface area (Å²) in [6.07, 6.45) is 38.4. The van der Waals surface area contributed by atoms with Crippen LogP contribution in [0.5, 0.6) is 0 Å². The average molecular weight is 752 g/mol. The molecule has 4 atom stereocenters. The minimum atomic E-state index is 0. The van der Waals surface area contributed by atoms with E-state index in [1.54, 1.807) is 0 Å². The van der Waals surface area contributed by atoms with Crippen LogP contribution in [0.4, 0.5) is 0 Å². The summed E-state index contributed by atoms with van der Waals surface area (Å²) < 4.78 is 2.11. The van der Waals surface area contributed by atoms with Gasteiger partial charge in [-0.25, -0.2) is 4.57 Å². The van der Waals surface area contributed by atoms with E-state index in [4.69, 9.17) is 20.3 Å². The van der Waals surface area contributed by atoms with Gasteiger partial charge in [0.1, 0.15) is 7.05 Å². The first-order valence-electron chi connectivity index (χ1n) is 19.0. The Morgan fingerprint density at radius 2 is 1.02 bits per heavy atom. The molecule has 8 nitrogen and oxygen atoms in total. The van der Waals surface area contributed by atoms with Crippen LogP contribution in [0.25, 0.3) is 10.9 Å². The molecule has 0 N–H and O–H groups in total. The summed E-state index contributed by atoms with van der Waals surface area (Å²) >= 11 is 0. The normalized spacial score (nSPS) is 27.8. The molecule has 9 rings (SSSR count). The van der Waals surface area contributed by atoms with Crippen molar-refractivity contribution >= 4 is 22.7 Å². The summed E-state index contributed by atoms with van der Waals surface area (Å²) in [6.45, 7) is 0. The van der Waals surface area contributed by atoms with Gasteiger partial charge in [-0.05, 0) is 108 Å². The minimum Gasteiger partial charge on any atom is -0.649 e. The van der Waals surface area contributed by atoms with Gasteiger partial charge in [0.2, 0.25) is 0 Å². The Hall–Kier alpha value is -4.56. The second-order valence-electron chi connectivity index (χ2n) is 15.2. The molecular formula is C44H48CuN8. The average Bonchev–Trinajstić information content (AvgIpc) is 3.99. The third kappa shape index (κ3) is 6.87. The van der Waals surface area contributed by atoms with Gasteiger partial charge in [0.15, 0.2) is 12.4 Å². The van der Waals surface area contributed by atoms with E-state index in [0.29, 0.717) is 0 Å². The van der Waals surface area contributed by atoms with E-state index >= 15 is 0 Å². The van der Waals surface area contributed by atoms with Gasteiger partial charge in [-0.2, -0.15) is 0 Å². The van der Waals surface area contributed by atoms with Crippen molar-refractivity contribution in [2.24, 2.45) is 22.0 Å². The first-order valence-corrected chi connectivity index (χ1v) is 19.0. The van der Waals surface area contributed by atoms with Crippen molar-refractivity contribution < 1.29 is 21.6 Å². The molecule has 1 radical (unpaired) electrons. The van der Waals surface area contributed by atoms with E-state index in [1.165, 1.54) is 67.4 Å². The molecule has 0 aromatic carbocycles. The van der Waals surface area contributed by atoms with Crippen molar-refractivity contribution in [3.8, 4) is 0 Å². The fraction of sp³-hybridized carbons (Fsp3) is 0.364. The van der Waals surface area contributed by atoms with E-state index in [0.717, 1.165) is 51.4 Å². The van der Waals surface area contributed by atoms with E-state index in [1.807, 2.05) is 0 Å². The molecule has 275 valence electrons. The summed E-state index contributed by atoms with van der Waals surface area (Å²) in [5.74, 6) is 0. The number of rotatable bonds is 1. The van der Waals surface area contributed by atoms with Crippen LogP contribution in [-0.4, -0.2) is 77.1 Å². The van der Waals surface area contributed by atoms with Gasteiger partial charge < -0.3 is 20.0 Å². The van der Waals surface area contributed by atoms with Crippen LogP contribution in [0.1, 0.15) is 56.9 Å². The largest absolute Gasteiger partial charge is 0.649 e. The number of aryl methyl sites for hydroxylation is 1. The third-order valence-corrected chi connectivity index (χ3v) is 11.6. The van der Waals surface area contributed by atoms with Crippen LogP contribution in [0.15, 0.2) is 152 Å². The van der Waals surface area contributed by atoms with E-state index < -0.39 is 0 Å². The predicted molar refractivity (Wildman–Crippen MR) is 211 cm³/mol. The molecule has 1 aromatic heterocycles. The Bertz CT molecular complexity index is 2050. The van der Waals surface area contributed by atoms with Gasteiger partial charge in [0.05, 0.1) is 12.1 Å². The quantitative estimate of drug-likeness (QED) is 0.222. The molecule has 8 aliphatic heterocycles. The Morgan fingerprint density at radius 1 is 0.566 bits per heavy atom. The fourth-order valence-corrected chi connectivity index (χ4v) is 8.96. The maximum Gasteiger partial charge on any atom is 0.169 e. The second kappa shape index (κ2) is 14.7. The van der Waals surface area contributed by atoms with Gasteiger partial charge in [-0.3, -0.25) is 15.0 Å². The molecule has 8 aliphatic rings. The van der Waals surface area contributed by atoms with Crippen LogP contribution in [0.2, 0.25) is 0 Å². The Morgan fingerprint density at radius 3 is 1.55 bits per heavy atom. The molecule has 4 unspecified atom stereocenters. The van der Waals surface area contributed by atoms with Gasteiger partial charge in [-0.15, -0.1) is 12.1 Å². The smallest absolute Gasteiger partial charge is 0.169 e. The molecule has 9 heteroatoms. The summed E-state index contributed by atoms with van der Waals surface area (Å²) in [7, 11) is 8.32. The molecule has 1 aromatic rings. The summed E-state index contributed by atoms with van der Waals surface area (Å²) in [5.41, 5.74) is 14.8. The van der Waals surface area contributed by atoms with Crippen molar-refractivity contribution in [3.63, 3.8) is 0 Å². The van der Waals surface area contributed by atoms with Crippen molar-refractivity contribution in [3.05, 3.63) is 148 Å². The predicted octanol–water partition coefficient (Wildman–Crippen LogP) is 7.39. The van der Waals surface area contributed by atoms with Crippen LogP contribution in [0.3, 0.4) is 0 Å². The molecule has 53 heavy (non-hydrogen) atoms. The number of hydrogen-bond donors (Lipinski definition) is 0. The van der Waals surface area contributed by atoms with Crippen LogP contribution in [-0.2, 0) is 24.1 Å². The SMILES string of the molecule is CN1C=CC(=C2C3=NC(CC3)C(c3cc[n+](C)cc3)=C3CCC(=N3)C(=C3C=CN(C)C=C3)C3CCC([N-]3)C(=C3C=CN(C)C=C3)C3=NC2CC3)C=C1.[Cu]. The van der Waals surface area contributed by atoms with Gasteiger partial charge in [0.25, 0.3) is 0 Å². The summed E-state index contributed by atoms with van der Waals surface area (Å²) in [5, 5.41) is 5.73. The van der Waals surface area contributed by atoms with Crippen molar-refractivity contribution in [1.82, 2.24) is 14.7 Å². The molecular weight excluding hydrogens is 704 g/mol. The van der Waals surface area contributed by atoms with E-state index in [-0.39, 0.29) is 41.2 Å². The monoisotopic (exact) mass is 751 g/mol. The molecule has 0 aliphatic carbocycles. The summed E-state index contributed by atoms with van der Waals surface area (Å²) in [6, 6.07) is 4.73. The number of pyridine rings is 1. The number of aromatic nitrogens is 1. The first-order chi connectivity index (χ1) is 25.4. The molecule has 0 saturated carbocycles. The standard InChI is InChI=1S/C44H48N8.Cu/c1-49-21-13-29(14-22-49)41-33-5-7-35(45-33)42(30-15-23-50(2)24-16-30)37-9-11-39(47-37)44(32-19-27-52(4)28-20-32)40-12-10-38(48-40)43(36-8-6-34(41)46-36)31-17-25-51(3)26-18-31;/h13-28,33,35-36,40H,5-12H2,1-4H3;. The van der Waals surface area contributed by atoms with Gasteiger partial charge in [0, 0.05) is 122 Å². The minimum absolute atomic E-state index is 0. The topological polar surface area (TPSA) is 64.8 Å². The molecule has 8 bridgehead atoms. The molecule has 0 spiro atoms. The number of nitrogens with zero attached hydrogens (tertiary/aromatic N) is 8. The number of aliphatic imine (C=N–C) groups is 3. The number of fused-ring (bicyclic) bond motifs is 5. The zero-order valence-electron chi connectivity index (χ0n) is 31.1. The van der Waals surface area contributed by atoms with Gasteiger partial charge >= 0.3 is 0 Å². The third-order valence-electron chi connectivity index (χ3n) is 11.6. The van der Waals surface area contributed by atoms with Crippen molar-refractivity contribution in [2.75, 3.05) is 21.1 Å². The first kappa shape index (κ1) is 35.5. The Kier molecular flexibility index (Phi) is 9.83. The number of allylic oxidation sites excluding steroid dienone is 10. The van der Waals surface area contributed by atoms with E-state index in [9.17, 15) is 0 Å². The zero-order valence-corrected chi connectivity index (χ0v) is 32.0. The molecule has 9 heterocycles. The fourth-order valence-electron chi connectivity index (χ4n) is 8.96. The van der Waals surface area contributed by atoms with Crippen molar-refractivity contribution in [2.45, 2.75) is 75.5 Å². The molecule has 1 saturated heterocycles. The van der Waals surface area contributed by atoms with Crippen LogP contribution in [0, 0.1) is 0 Å². The molecule has 0 amide bonds. The number of hydrogen-bond acceptors (Lipinski definition) is 6. The maximum absolute atomic E-state index is 5.73. The van der Waals surface area contributed by atoms with Crippen molar-refractivity contribution in [1.29, 1.82) is 0 Å². The van der Waals surface area contributed by atoms with E-state index in [2.05, 4.69) is 146 Å². The maximum atomic E-state index is 5.73. The summed E-state index contributed by atoms with van der Waals surface area (Å²) in [4.78, 5) is 23.3. The second-order valence-corrected chi connectivity index (χ2v) is 15.2. The molecule has 1 fully saturated rings. The zero-order chi connectivity index (χ0) is 35.3. The Labute approximate surface area is 324 Å². The van der Waals surface area contributed by atoms with Crippen LogP contribution >= 0.6 is 0 Å².